The Bertz CT molecular complexity index is 931. The van der Waals surface area contributed by atoms with Crippen LogP contribution in [0.15, 0.2) is 35.3 Å². The molecule has 1 N–H and O–H groups in total. The van der Waals surface area contributed by atoms with Crippen molar-refractivity contribution in [2.45, 2.75) is 26.4 Å². The van der Waals surface area contributed by atoms with Crippen LogP contribution < -0.4 is 10.3 Å². The van der Waals surface area contributed by atoms with Crippen LogP contribution in [-0.2, 0) is 13.6 Å². The Morgan fingerprint density at radius 2 is 2.20 bits per heavy atom. The molecule has 2 aromatic heterocycles. The van der Waals surface area contributed by atoms with Crippen LogP contribution in [0.4, 0.5) is 0 Å². The van der Waals surface area contributed by atoms with Crippen LogP contribution >= 0.6 is 0 Å². The maximum atomic E-state index is 12.2. The second-order valence-electron chi connectivity index (χ2n) is 6.03. The molecule has 0 unspecified atom stereocenters. The van der Waals surface area contributed by atoms with Crippen molar-refractivity contribution in [1.82, 2.24) is 24.6 Å². The van der Waals surface area contributed by atoms with Gasteiger partial charge in [0.05, 0.1) is 19.9 Å². The van der Waals surface area contributed by atoms with Crippen molar-refractivity contribution >= 4 is 11.0 Å². The van der Waals surface area contributed by atoms with E-state index < -0.39 is 0 Å². The van der Waals surface area contributed by atoms with Crippen LogP contribution in [-0.4, -0.2) is 38.3 Å². The van der Waals surface area contributed by atoms with Gasteiger partial charge in [0.2, 0.25) is 0 Å². The predicted octanol–water partition coefficient (Wildman–Crippen LogP) is 2.25. The lowest BCUT2D eigenvalue weighted by Crippen LogP contribution is -2.28. The summed E-state index contributed by atoms with van der Waals surface area (Å²) in [6, 6.07) is 8.19. The summed E-state index contributed by atoms with van der Waals surface area (Å²) < 4.78 is 6.94. The zero-order valence-electron chi connectivity index (χ0n) is 15.0. The van der Waals surface area contributed by atoms with Crippen molar-refractivity contribution in [3.63, 3.8) is 0 Å². The summed E-state index contributed by atoms with van der Waals surface area (Å²) in [6.45, 7) is 5.60. The Labute approximate surface area is 146 Å². The third-order valence-corrected chi connectivity index (χ3v) is 4.53. The second kappa shape index (κ2) is 7.06. The molecule has 0 saturated carbocycles. The smallest absolute Gasteiger partial charge is 0.262 e. The number of aromatic nitrogens is 4. The molecule has 7 heteroatoms. The molecule has 0 fully saturated rings. The molecule has 0 aliphatic heterocycles. The molecule has 132 valence electrons. The molecule has 0 aliphatic rings. The summed E-state index contributed by atoms with van der Waals surface area (Å²) >= 11 is 0. The highest BCUT2D eigenvalue weighted by Gasteiger charge is 2.17. The minimum absolute atomic E-state index is 0.154. The highest BCUT2D eigenvalue weighted by Crippen LogP contribution is 2.24. The summed E-state index contributed by atoms with van der Waals surface area (Å²) in [4.78, 5) is 21.9. The lowest BCUT2D eigenvalue weighted by molar-refractivity contribution is 0.207. The van der Waals surface area contributed by atoms with E-state index in [0.29, 0.717) is 23.4 Å². The van der Waals surface area contributed by atoms with Crippen molar-refractivity contribution < 1.29 is 4.74 Å². The Balaban J connectivity index is 1.88. The van der Waals surface area contributed by atoms with Gasteiger partial charge in [0, 0.05) is 13.1 Å². The molecular formula is C18H23N5O2. The molecule has 0 bridgehead atoms. The van der Waals surface area contributed by atoms with Gasteiger partial charge in [-0.1, -0.05) is 19.1 Å². The number of H-pyrrole nitrogens is 1. The number of aromatic amines is 1. The molecule has 3 rings (SSSR count). The molecule has 25 heavy (non-hydrogen) atoms. The molecule has 1 aromatic carbocycles. The predicted molar refractivity (Wildman–Crippen MR) is 96.6 cm³/mol. The Morgan fingerprint density at radius 3 is 2.92 bits per heavy atom. The van der Waals surface area contributed by atoms with Gasteiger partial charge < -0.3 is 9.72 Å². The molecule has 7 nitrogen and oxygen atoms in total. The van der Waals surface area contributed by atoms with Crippen LogP contribution in [0.25, 0.3) is 11.0 Å². The number of nitrogens with zero attached hydrogens (tertiary/aromatic N) is 4. The van der Waals surface area contributed by atoms with Gasteiger partial charge in [-0.25, -0.2) is 4.98 Å². The van der Waals surface area contributed by atoms with Gasteiger partial charge in [-0.2, -0.15) is 5.10 Å². The average molecular weight is 341 g/mol. The van der Waals surface area contributed by atoms with Gasteiger partial charge >= 0.3 is 0 Å². The molecule has 0 aliphatic carbocycles. The van der Waals surface area contributed by atoms with Gasteiger partial charge in [-0.05, 0) is 31.2 Å². The molecule has 0 amide bonds. The fourth-order valence-corrected chi connectivity index (χ4v) is 2.98. The minimum atomic E-state index is -0.154. The van der Waals surface area contributed by atoms with E-state index in [0.717, 1.165) is 17.9 Å². The van der Waals surface area contributed by atoms with E-state index in [1.165, 1.54) is 0 Å². The quantitative estimate of drug-likeness (QED) is 0.744. The zero-order valence-corrected chi connectivity index (χ0v) is 15.0. The molecule has 0 radical (unpaired) electrons. The van der Waals surface area contributed by atoms with Crippen LogP contribution in [0.2, 0.25) is 0 Å². The fourth-order valence-electron chi connectivity index (χ4n) is 2.98. The monoisotopic (exact) mass is 341 g/mol. The Hall–Kier alpha value is -2.67. The van der Waals surface area contributed by atoms with Crippen LogP contribution in [0.5, 0.6) is 5.75 Å². The van der Waals surface area contributed by atoms with Gasteiger partial charge in [0.25, 0.3) is 5.56 Å². The molecular weight excluding hydrogens is 318 g/mol. The summed E-state index contributed by atoms with van der Waals surface area (Å²) in [7, 11) is 3.45. The maximum absolute atomic E-state index is 12.2. The molecule has 0 saturated heterocycles. The third-order valence-electron chi connectivity index (χ3n) is 4.53. The maximum Gasteiger partial charge on any atom is 0.262 e. The van der Waals surface area contributed by atoms with E-state index >= 15 is 0 Å². The number of aryl methyl sites for hydroxylation is 1. The SMILES string of the molecule is CCN(Cc1nc2c(cnn2C)c(=O)[nH]1)[C@@H](C)c1cccc(OC)c1. The normalized spacial score (nSPS) is 12.7. The lowest BCUT2D eigenvalue weighted by Gasteiger charge is -2.27. The largest absolute Gasteiger partial charge is 0.497 e. The number of hydrogen-bond donors (Lipinski definition) is 1. The fraction of sp³-hybridized carbons (Fsp3) is 0.389. The first-order chi connectivity index (χ1) is 12.0. The van der Waals surface area contributed by atoms with Gasteiger partial charge in [0.1, 0.15) is 17.0 Å². The van der Waals surface area contributed by atoms with E-state index in [2.05, 4.69) is 39.9 Å². The number of benzene rings is 1. The highest BCUT2D eigenvalue weighted by molar-refractivity contribution is 5.72. The van der Waals surface area contributed by atoms with Crippen molar-refractivity contribution in [2.24, 2.45) is 7.05 Å². The van der Waals surface area contributed by atoms with E-state index in [4.69, 9.17) is 4.74 Å². The summed E-state index contributed by atoms with van der Waals surface area (Å²) in [5.74, 6) is 1.47. The molecule has 1 atom stereocenters. The van der Waals surface area contributed by atoms with E-state index in [-0.39, 0.29) is 11.6 Å². The van der Waals surface area contributed by atoms with E-state index in [1.807, 2.05) is 18.2 Å². The standard InChI is InChI=1S/C18H23N5O2/c1-5-23(12(2)13-7-6-8-14(9-13)25-4)11-16-20-17-15(18(24)21-16)10-19-22(17)3/h6-10,12H,5,11H2,1-4H3,(H,20,21,24)/t12-/m0/s1. The van der Waals surface area contributed by atoms with Crippen molar-refractivity contribution in [3.05, 3.63) is 52.2 Å². The van der Waals surface area contributed by atoms with Gasteiger partial charge in [-0.15, -0.1) is 0 Å². The topological polar surface area (TPSA) is 76.0 Å². The van der Waals surface area contributed by atoms with Crippen LogP contribution in [0.3, 0.4) is 0 Å². The average Bonchev–Trinajstić information content (AvgIpc) is 3.00. The number of hydrogen-bond acceptors (Lipinski definition) is 5. The number of ether oxygens (including phenoxy) is 1. The first kappa shape index (κ1) is 17.2. The zero-order chi connectivity index (χ0) is 18.0. The Morgan fingerprint density at radius 1 is 1.40 bits per heavy atom. The number of nitrogens with one attached hydrogen (secondary N) is 1. The van der Waals surface area contributed by atoms with Gasteiger partial charge in [0.15, 0.2) is 5.65 Å². The van der Waals surface area contributed by atoms with Gasteiger partial charge in [-0.3, -0.25) is 14.4 Å². The molecule has 3 aromatic rings. The number of methoxy groups -OCH3 is 1. The first-order valence-corrected chi connectivity index (χ1v) is 8.32. The summed E-state index contributed by atoms with van der Waals surface area (Å²) in [5, 5.41) is 4.61. The third kappa shape index (κ3) is 3.41. The second-order valence-corrected chi connectivity index (χ2v) is 6.03. The molecule has 2 heterocycles. The summed E-state index contributed by atoms with van der Waals surface area (Å²) in [6.07, 6.45) is 1.54. The first-order valence-electron chi connectivity index (χ1n) is 8.32. The van der Waals surface area contributed by atoms with E-state index in [9.17, 15) is 4.79 Å². The summed E-state index contributed by atoms with van der Waals surface area (Å²) in [5.41, 5.74) is 1.60. The highest BCUT2D eigenvalue weighted by atomic mass is 16.5. The van der Waals surface area contributed by atoms with Crippen molar-refractivity contribution in [1.29, 1.82) is 0 Å². The van der Waals surface area contributed by atoms with Crippen LogP contribution in [0.1, 0.15) is 31.3 Å². The number of fused-ring (bicyclic) bond motifs is 1. The van der Waals surface area contributed by atoms with Crippen LogP contribution in [0, 0.1) is 0 Å². The van der Waals surface area contributed by atoms with E-state index in [1.54, 1.807) is 25.0 Å². The Kier molecular flexibility index (Phi) is 4.85. The van der Waals surface area contributed by atoms with Crippen molar-refractivity contribution in [2.75, 3.05) is 13.7 Å². The van der Waals surface area contributed by atoms with Crippen molar-refractivity contribution in [3.8, 4) is 5.75 Å². The minimum Gasteiger partial charge on any atom is -0.497 e. The number of rotatable bonds is 6. The lowest BCUT2D eigenvalue weighted by atomic mass is 10.1. The molecule has 0 spiro atoms.